The van der Waals surface area contributed by atoms with E-state index >= 15 is 0 Å². The van der Waals surface area contributed by atoms with Gasteiger partial charge in [-0.1, -0.05) is 12.1 Å². The molecule has 4 nitrogen and oxygen atoms in total. The maximum atomic E-state index is 13.2. The number of hydrogen-bond donors (Lipinski definition) is 1. The zero-order valence-corrected chi connectivity index (χ0v) is 10.2. The molecule has 0 amide bonds. The molecule has 0 spiro atoms. The molecule has 106 valence electrons. The first-order valence-corrected chi connectivity index (χ1v) is 5.45. The normalized spacial score (nSPS) is 11.2. The summed E-state index contributed by atoms with van der Waals surface area (Å²) in [6.07, 6.45) is -3.84. The number of rotatable bonds is 3. The van der Waals surface area contributed by atoms with E-state index in [9.17, 15) is 17.6 Å². The molecule has 0 aliphatic rings. The molecule has 1 heterocycles. The number of benzene rings is 1. The summed E-state index contributed by atoms with van der Waals surface area (Å²) in [5.41, 5.74) is 0.281. The zero-order valence-electron chi connectivity index (χ0n) is 10.2. The van der Waals surface area contributed by atoms with E-state index in [-0.39, 0.29) is 17.2 Å². The Labute approximate surface area is 111 Å². The molecule has 8 heteroatoms. The van der Waals surface area contributed by atoms with Crippen LogP contribution >= 0.6 is 0 Å². The van der Waals surface area contributed by atoms with Crippen molar-refractivity contribution < 1.29 is 22.3 Å². The minimum atomic E-state index is -4.78. The Kier molecular flexibility index (Phi) is 3.73. The molecule has 2 aromatic rings. The molecular weight excluding hydrogens is 278 g/mol. The molecule has 2 rings (SSSR count). The fraction of sp³-hybridized carbons (Fsp3) is 0.167. The molecule has 1 aromatic heterocycles. The van der Waals surface area contributed by atoms with E-state index in [0.717, 1.165) is 18.3 Å². The van der Waals surface area contributed by atoms with Gasteiger partial charge in [-0.15, -0.1) is 13.2 Å². The van der Waals surface area contributed by atoms with Gasteiger partial charge < -0.3 is 10.1 Å². The average molecular weight is 287 g/mol. The first-order valence-electron chi connectivity index (χ1n) is 5.45. The SMILES string of the molecule is CNc1nc(-c2cccc(OC(F)(F)F)c2)ncc1F. The van der Waals surface area contributed by atoms with E-state index in [2.05, 4.69) is 20.0 Å². The molecule has 20 heavy (non-hydrogen) atoms. The molecule has 0 aliphatic heterocycles. The minimum absolute atomic E-state index is 0.0443. The van der Waals surface area contributed by atoms with Crippen molar-refractivity contribution >= 4 is 5.82 Å². The lowest BCUT2D eigenvalue weighted by Gasteiger charge is -2.10. The quantitative estimate of drug-likeness (QED) is 0.880. The fourth-order valence-corrected chi connectivity index (χ4v) is 1.51. The number of aromatic nitrogens is 2. The summed E-state index contributed by atoms with van der Waals surface area (Å²) in [5.74, 6) is -1.01. The molecule has 0 unspecified atom stereocenters. The van der Waals surface area contributed by atoms with Crippen molar-refractivity contribution in [1.29, 1.82) is 0 Å². The second kappa shape index (κ2) is 5.32. The highest BCUT2D eigenvalue weighted by Crippen LogP contribution is 2.27. The van der Waals surface area contributed by atoms with E-state index < -0.39 is 17.9 Å². The van der Waals surface area contributed by atoms with E-state index in [1.165, 1.54) is 19.2 Å². The van der Waals surface area contributed by atoms with Crippen LogP contribution < -0.4 is 10.1 Å². The Morgan fingerprint density at radius 3 is 2.65 bits per heavy atom. The summed E-state index contributed by atoms with van der Waals surface area (Å²) in [7, 11) is 1.47. The smallest absolute Gasteiger partial charge is 0.406 e. The maximum Gasteiger partial charge on any atom is 0.573 e. The van der Waals surface area contributed by atoms with Gasteiger partial charge in [0.1, 0.15) is 5.75 Å². The number of anilines is 1. The number of ether oxygens (including phenoxy) is 1. The van der Waals surface area contributed by atoms with Crippen molar-refractivity contribution in [3.63, 3.8) is 0 Å². The van der Waals surface area contributed by atoms with Crippen LogP contribution in [-0.4, -0.2) is 23.4 Å². The predicted octanol–water partition coefficient (Wildman–Crippen LogP) is 3.22. The van der Waals surface area contributed by atoms with E-state index in [0.29, 0.717) is 0 Å². The molecule has 1 N–H and O–H groups in total. The standard InChI is InChI=1S/C12H9F4N3O/c1-17-11-9(13)6-18-10(19-11)7-3-2-4-8(5-7)20-12(14,15)16/h2-6H,1H3,(H,17,18,19). The summed E-state index contributed by atoms with van der Waals surface area (Å²) < 4.78 is 53.4. The van der Waals surface area contributed by atoms with E-state index in [1.807, 2.05) is 0 Å². The molecule has 0 saturated heterocycles. The lowest BCUT2D eigenvalue weighted by Crippen LogP contribution is -2.17. The molecule has 0 radical (unpaired) electrons. The van der Waals surface area contributed by atoms with Crippen LogP contribution in [0.1, 0.15) is 0 Å². The van der Waals surface area contributed by atoms with Gasteiger partial charge in [0, 0.05) is 12.6 Å². The van der Waals surface area contributed by atoms with Crippen LogP contribution in [0.15, 0.2) is 30.5 Å². The Morgan fingerprint density at radius 2 is 2.00 bits per heavy atom. The lowest BCUT2D eigenvalue weighted by atomic mass is 10.2. The van der Waals surface area contributed by atoms with Crippen LogP contribution in [0.25, 0.3) is 11.4 Å². The summed E-state index contributed by atoms with van der Waals surface area (Å²) in [6.45, 7) is 0. The second-order valence-corrected chi connectivity index (χ2v) is 3.72. The molecular formula is C12H9F4N3O. The number of hydrogen-bond acceptors (Lipinski definition) is 4. The third-order valence-electron chi connectivity index (χ3n) is 2.31. The molecule has 0 aliphatic carbocycles. The number of nitrogens with zero attached hydrogens (tertiary/aromatic N) is 2. The largest absolute Gasteiger partial charge is 0.573 e. The third-order valence-corrected chi connectivity index (χ3v) is 2.31. The number of alkyl halides is 3. The van der Waals surface area contributed by atoms with Crippen LogP contribution in [0.2, 0.25) is 0 Å². The monoisotopic (exact) mass is 287 g/mol. The van der Waals surface area contributed by atoms with Crippen LogP contribution in [-0.2, 0) is 0 Å². The number of halogens is 4. The maximum absolute atomic E-state index is 13.2. The highest BCUT2D eigenvalue weighted by atomic mass is 19.4. The highest BCUT2D eigenvalue weighted by molar-refractivity contribution is 5.59. The van der Waals surface area contributed by atoms with Crippen molar-refractivity contribution in [2.45, 2.75) is 6.36 Å². The average Bonchev–Trinajstić information content (AvgIpc) is 2.37. The predicted molar refractivity (Wildman–Crippen MR) is 63.7 cm³/mol. The van der Waals surface area contributed by atoms with Crippen molar-refractivity contribution in [1.82, 2.24) is 9.97 Å². The lowest BCUT2D eigenvalue weighted by molar-refractivity contribution is -0.274. The van der Waals surface area contributed by atoms with Crippen molar-refractivity contribution in [2.24, 2.45) is 0 Å². The summed E-state index contributed by atoms with van der Waals surface area (Å²) in [6, 6.07) is 5.14. The summed E-state index contributed by atoms with van der Waals surface area (Å²) in [4.78, 5) is 7.60. The van der Waals surface area contributed by atoms with E-state index in [4.69, 9.17) is 0 Å². The van der Waals surface area contributed by atoms with Crippen molar-refractivity contribution in [3.05, 3.63) is 36.3 Å². The van der Waals surface area contributed by atoms with Crippen molar-refractivity contribution in [3.8, 4) is 17.1 Å². The second-order valence-electron chi connectivity index (χ2n) is 3.72. The van der Waals surface area contributed by atoms with Gasteiger partial charge in [0.05, 0.1) is 6.20 Å². The van der Waals surface area contributed by atoms with Crippen LogP contribution in [0.3, 0.4) is 0 Å². The topological polar surface area (TPSA) is 47.0 Å². The minimum Gasteiger partial charge on any atom is -0.406 e. The van der Waals surface area contributed by atoms with Gasteiger partial charge in [-0.2, -0.15) is 0 Å². The van der Waals surface area contributed by atoms with Crippen molar-refractivity contribution in [2.75, 3.05) is 12.4 Å². The third kappa shape index (κ3) is 3.34. The first-order chi connectivity index (χ1) is 9.39. The van der Waals surface area contributed by atoms with Gasteiger partial charge in [0.15, 0.2) is 17.5 Å². The van der Waals surface area contributed by atoms with Crippen LogP contribution in [0, 0.1) is 5.82 Å². The van der Waals surface area contributed by atoms with Gasteiger partial charge in [0.2, 0.25) is 0 Å². The van der Waals surface area contributed by atoms with Crippen LogP contribution in [0.5, 0.6) is 5.75 Å². The van der Waals surface area contributed by atoms with Gasteiger partial charge in [-0.25, -0.2) is 14.4 Å². The zero-order chi connectivity index (χ0) is 14.8. The Bertz CT molecular complexity index is 616. The van der Waals surface area contributed by atoms with Gasteiger partial charge in [-0.05, 0) is 12.1 Å². The van der Waals surface area contributed by atoms with Gasteiger partial charge in [-0.3, -0.25) is 0 Å². The molecule has 0 atom stereocenters. The fourth-order valence-electron chi connectivity index (χ4n) is 1.51. The molecule has 0 fully saturated rings. The Hall–Kier alpha value is -2.38. The van der Waals surface area contributed by atoms with Gasteiger partial charge in [0.25, 0.3) is 0 Å². The summed E-state index contributed by atoms with van der Waals surface area (Å²) >= 11 is 0. The Balaban J connectivity index is 2.36. The molecule has 0 bridgehead atoms. The van der Waals surface area contributed by atoms with E-state index in [1.54, 1.807) is 0 Å². The van der Waals surface area contributed by atoms with Gasteiger partial charge >= 0.3 is 6.36 Å². The number of nitrogens with one attached hydrogen (secondary N) is 1. The highest BCUT2D eigenvalue weighted by Gasteiger charge is 2.31. The summed E-state index contributed by atoms with van der Waals surface area (Å²) in [5, 5.41) is 2.52. The molecule has 1 aromatic carbocycles. The first kappa shape index (κ1) is 14.0. The Morgan fingerprint density at radius 1 is 1.25 bits per heavy atom. The molecule has 0 saturated carbocycles. The van der Waals surface area contributed by atoms with Crippen LogP contribution in [0.4, 0.5) is 23.4 Å².